The number of aryl methyl sites for hydroxylation is 1. The molecule has 0 spiro atoms. The van der Waals surface area contributed by atoms with Gasteiger partial charge in [0.25, 0.3) is 0 Å². The van der Waals surface area contributed by atoms with E-state index in [9.17, 15) is 0 Å². The predicted molar refractivity (Wildman–Crippen MR) is 76.6 cm³/mol. The highest BCUT2D eigenvalue weighted by Crippen LogP contribution is 2.29. The number of nitrogens with zero attached hydrogens (tertiary/aromatic N) is 3. The van der Waals surface area contributed by atoms with Crippen LogP contribution in [-0.4, -0.2) is 22.0 Å². The van der Waals surface area contributed by atoms with E-state index < -0.39 is 0 Å². The van der Waals surface area contributed by atoms with Crippen molar-refractivity contribution in [2.75, 3.05) is 7.05 Å². The van der Waals surface area contributed by atoms with Gasteiger partial charge in [-0.15, -0.1) is 16.4 Å². The first-order valence-electron chi connectivity index (χ1n) is 4.59. The molecule has 2 aromatic rings. The summed E-state index contributed by atoms with van der Waals surface area (Å²) in [7, 11) is 3.84. The molecule has 2 aromatic heterocycles. The average Bonchev–Trinajstić information content (AvgIpc) is 2.80. The Bertz CT molecular complexity index is 476. The van der Waals surface area contributed by atoms with Gasteiger partial charge < -0.3 is 5.32 Å². The highest BCUT2D eigenvalue weighted by molar-refractivity contribution is 14.1. The zero-order chi connectivity index (χ0) is 11.7. The number of rotatable bonds is 3. The van der Waals surface area contributed by atoms with Crippen molar-refractivity contribution in [1.29, 1.82) is 0 Å². The normalized spacial score (nSPS) is 13.0. The molecule has 0 amide bonds. The van der Waals surface area contributed by atoms with E-state index in [1.54, 1.807) is 16.0 Å². The highest BCUT2D eigenvalue weighted by atomic mass is 127. The molecule has 4 nitrogen and oxygen atoms in total. The summed E-state index contributed by atoms with van der Waals surface area (Å²) in [5, 5.41) is 13.5. The molecule has 1 N–H and O–H groups in total. The summed E-state index contributed by atoms with van der Waals surface area (Å²) in [6, 6.07) is 2.29. The summed E-state index contributed by atoms with van der Waals surface area (Å²) in [5.41, 5.74) is 2.28. The summed E-state index contributed by atoms with van der Waals surface area (Å²) in [4.78, 5) is 0. The Morgan fingerprint density at radius 3 is 2.81 bits per heavy atom. The standard InChI is InChI=1S/C9H10BrIN4S/c1-12-7(5-3-6(11)16-4-5)8-9(10)13-14-15(8)2/h3-4,7,12H,1-2H3. The summed E-state index contributed by atoms with van der Waals surface area (Å²) in [5.74, 6) is 0. The molecule has 0 aliphatic heterocycles. The van der Waals surface area contributed by atoms with Crippen LogP contribution in [-0.2, 0) is 7.05 Å². The Hall–Kier alpha value is 0.01000. The van der Waals surface area contributed by atoms with E-state index in [0.717, 1.165) is 10.3 Å². The van der Waals surface area contributed by atoms with E-state index in [4.69, 9.17) is 0 Å². The molecule has 1 unspecified atom stereocenters. The minimum absolute atomic E-state index is 0.120. The molecule has 2 heterocycles. The third-order valence-corrected chi connectivity index (χ3v) is 4.68. The van der Waals surface area contributed by atoms with Gasteiger partial charge in [0.1, 0.15) is 0 Å². The van der Waals surface area contributed by atoms with Crippen LogP contribution in [0.2, 0.25) is 0 Å². The fourth-order valence-electron chi connectivity index (χ4n) is 1.58. The van der Waals surface area contributed by atoms with Crippen molar-refractivity contribution in [1.82, 2.24) is 20.3 Å². The van der Waals surface area contributed by atoms with Gasteiger partial charge in [0.05, 0.1) is 14.6 Å². The molecule has 0 bridgehead atoms. The lowest BCUT2D eigenvalue weighted by Gasteiger charge is -2.14. The van der Waals surface area contributed by atoms with Gasteiger partial charge in [-0.25, -0.2) is 4.68 Å². The van der Waals surface area contributed by atoms with Crippen molar-refractivity contribution in [3.05, 3.63) is 30.2 Å². The lowest BCUT2D eigenvalue weighted by Crippen LogP contribution is -2.20. The van der Waals surface area contributed by atoms with Gasteiger partial charge in [-0.05, 0) is 62.6 Å². The highest BCUT2D eigenvalue weighted by Gasteiger charge is 2.21. The molecule has 0 radical (unpaired) electrons. The smallest absolute Gasteiger partial charge is 0.153 e. The number of hydrogen-bond acceptors (Lipinski definition) is 4. The van der Waals surface area contributed by atoms with Gasteiger partial charge in [-0.1, -0.05) is 5.21 Å². The minimum Gasteiger partial charge on any atom is -0.308 e. The molecule has 0 saturated heterocycles. The molecule has 16 heavy (non-hydrogen) atoms. The van der Waals surface area contributed by atoms with Crippen LogP contribution in [0.4, 0.5) is 0 Å². The summed E-state index contributed by atoms with van der Waals surface area (Å²) in [6.45, 7) is 0. The van der Waals surface area contributed by atoms with Crippen molar-refractivity contribution in [2.45, 2.75) is 6.04 Å². The van der Waals surface area contributed by atoms with Gasteiger partial charge in [-0.2, -0.15) is 0 Å². The summed E-state index contributed by atoms with van der Waals surface area (Å²) < 4.78 is 3.85. The number of thiophene rings is 1. The molecule has 1 atom stereocenters. The average molecular weight is 413 g/mol. The summed E-state index contributed by atoms with van der Waals surface area (Å²) in [6.07, 6.45) is 0. The molecule has 0 fully saturated rings. The van der Waals surface area contributed by atoms with Crippen molar-refractivity contribution in [2.24, 2.45) is 7.05 Å². The van der Waals surface area contributed by atoms with E-state index in [2.05, 4.69) is 65.6 Å². The Labute approximate surface area is 120 Å². The Morgan fingerprint density at radius 2 is 2.38 bits per heavy atom. The molecule has 86 valence electrons. The number of hydrogen-bond donors (Lipinski definition) is 1. The third kappa shape index (κ3) is 2.31. The molecule has 0 aromatic carbocycles. The molecular weight excluding hydrogens is 403 g/mol. The molecule has 0 saturated carbocycles. The van der Waals surface area contributed by atoms with E-state index in [1.165, 1.54) is 8.45 Å². The van der Waals surface area contributed by atoms with Crippen LogP contribution in [0, 0.1) is 2.88 Å². The topological polar surface area (TPSA) is 42.7 Å². The fourth-order valence-corrected chi connectivity index (χ4v) is 3.54. The van der Waals surface area contributed by atoms with Crippen LogP contribution in [0.25, 0.3) is 0 Å². The first kappa shape index (κ1) is 12.5. The number of halogens is 2. The van der Waals surface area contributed by atoms with E-state index in [1.807, 2.05) is 14.1 Å². The van der Waals surface area contributed by atoms with E-state index in [0.29, 0.717) is 0 Å². The maximum atomic E-state index is 4.01. The lowest BCUT2D eigenvalue weighted by atomic mass is 10.1. The van der Waals surface area contributed by atoms with E-state index in [-0.39, 0.29) is 6.04 Å². The van der Waals surface area contributed by atoms with Crippen molar-refractivity contribution in [3.63, 3.8) is 0 Å². The van der Waals surface area contributed by atoms with Crippen LogP contribution in [0.3, 0.4) is 0 Å². The Morgan fingerprint density at radius 1 is 1.62 bits per heavy atom. The van der Waals surface area contributed by atoms with Crippen LogP contribution >= 0.6 is 49.9 Å². The first-order valence-corrected chi connectivity index (χ1v) is 7.35. The number of nitrogens with one attached hydrogen (secondary N) is 1. The second kappa shape index (κ2) is 5.11. The first-order chi connectivity index (χ1) is 7.63. The molecule has 0 aliphatic carbocycles. The van der Waals surface area contributed by atoms with Gasteiger partial charge in [-0.3, -0.25) is 0 Å². The SMILES string of the molecule is CNC(c1csc(I)c1)c1c(Br)nnn1C. The van der Waals surface area contributed by atoms with Crippen LogP contribution in [0.5, 0.6) is 0 Å². The predicted octanol–water partition coefficient (Wildman–Crippen LogP) is 2.55. The van der Waals surface area contributed by atoms with Crippen LogP contribution in [0.15, 0.2) is 16.0 Å². The number of aromatic nitrogens is 3. The summed E-state index contributed by atoms with van der Waals surface area (Å²) >= 11 is 7.49. The largest absolute Gasteiger partial charge is 0.308 e. The second-order valence-corrected chi connectivity index (χ2v) is 6.85. The van der Waals surface area contributed by atoms with Gasteiger partial charge in [0.2, 0.25) is 0 Å². The second-order valence-electron chi connectivity index (χ2n) is 3.29. The quantitative estimate of drug-likeness (QED) is 0.788. The molecule has 0 aliphatic rings. The Balaban J connectivity index is 2.44. The monoisotopic (exact) mass is 412 g/mol. The maximum Gasteiger partial charge on any atom is 0.153 e. The fraction of sp³-hybridized carbons (Fsp3) is 0.333. The van der Waals surface area contributed by atoms with Gasteiger partial charge in [0.15, 0.2) is 4.60 Å². The van der Waals surface area contributed by atoms with E-state index >= 15 is 0 Å². The van der Waals surface area contributed by atoms with Gasteiger partial charge in [0, 0.05) is 7.05 Å². The van der Waals surface area contributed by atoms with Crippen LogP contribution in [0.1, 0.15) is 17.3 Å². The van der Waals surface area contributed by atoms with Crippen molar-refractivity contribution >= 4 is 49.9 Å². The minimum atomic E-state index is 0.120. The van der Waals surface area contributed by atoms with Gasteiger partial charge >= 0.3 is 0 Å². The van der Waals surface area contributed by atoms with Crippen molar-refractivity contribution < 1.29 is 0 Å². The van der Waals surface area contributed by atoms with Crippen molar-refractivity contribution in [3.8, 4) is 0 Å². The maximum absolute atomic E-state index is 4.01. The lowest BCUT2D eigenvalue weighted by molar-refractivity contribution is 0.598. The Kier molecular flexibility index (Phi) is 3.98. The zero-order valence-corrected chi connectivity index (χ0v) is 13.3. The third-order valence-electron chi connectivity index (χ3n) is 2.31. The zero-order valence-electron chi connectivity index (χ0n) is 8.74. The molecule has 2 rings (SSSR count). The molecule has 7 heteroatoms. The van der Waals surface area contributed by atoms with Crippen LogP contribution < -0.4 is 5.32 Å². The molecular formula is C9H10BrIN4S.